The van der Waals surface area contributed by atoms with Crippen LogP contribution in [0.25, 0.3) is 0 Å². The number of fused-ring (bicyclic) bond motifs is 1. The Balaban J connectivity index is 1.59. The summed E-state index contributed by atoms with van der Waals surface area (Å²) >= 11 is 1.91. The van der Waals surface area contributed by atoms with Crippen LogP contribution in [0.15, 0.2) is 23.1 Å². The van der Waals surface area contributed by atoms with Crippen molar-refractivity contribution in [2.45, 2.75) is 30.6 Å². The summed E-state index contributed by atoms with van der Waals surface area (Å²) in [6.07, 6.45) is 3.25. The summed E-state index contributed by atoms with van der Waals surface area (Å²) in [4.78, 5) is 29.1. The zero-order valence-corrected chi connectivity index (χ0v) is 14.9. The summed E-state index contributed by atoms with van der Waals surface area (Å²) in [5.74, 6) is 1.33. The molecule has 2 heterocycles. The fraction of sp³-hybridized carbons (Fsp3) is 0.556. The number of aryl methyl sites for hydroxylation is 1. The van der Waals surface area contributed by atoms with Gasteiger partial charge in [0.1, 0.15) is 0 Å². The van der Waals surface area contributed by atoms with Gasteiger partial charge < -0.3 is 14.5 Å². The molecule has 0 N–H and O–H groups in total. The van der Waals surface area contributed by atoms with Crippen molar-refractivity contribution in [2.75, 3.05) is 39.0 Å². The topological polar surface area (TPSA) is 49.9 Å². The Kier molecular flexibility index (Phi) is 5.66. The molecule has 1 fully saturated rings. The molecule has 2 amide bonds. The van der Waals surface area contributed by atoms with Gasteiger partial charge in [-0.1, -0.05) is 12.1 Å². The predicted molar refractivity (Wildman–Crippen MR) is 94.4 cm³/mol. The van der Waals surface area contributed by atoms with Crippen LogP contribution in [-0.2, 0) is 22.4 Å². The molecule has 0 radical (unpaired) electrons. The van der Waals surface area contributed by atoms with Crippen LogP contribution in [0.4, 0.5) is 4.79 Å². The van der Waals surface area contributed by atoms with Gasteiger partial charge >= 0.3 is 6.09 Å². The zero-order chi connectivity index (χ0) is 16.9. The Hall–Kier alpha value is -1.69. The molecular formula is C18H24N2O3S. The van der Waals surface area contributed by atoms with Crippen molar-refractivity contribution in [3.05, 3.63) is 29.3 Å². The van der Waals surface area contributed by atoms with E-state index in [9.17, 15) is 9.59 Å². The van der Waals surface area contributed by atoms with Gasteiger partial charge in [-0.15, -0.1) is 11.8 Å². The van der Waals surface area contributed by atoms with E-state index < -0.39 is 0 Å². The first-order valence-corrected chi connectivity index (χ1v) is 9.51. The third kappa shape index (κ3) is 4.04. The van der Waals surface area contributed by atoms with Gasteiger partial charge in [-0.2, -0.15) is 0 Å². The average molecular weight is 348 g/mol. The van der Waals surface area contributed by atoms with E-state index in [0.29, 0.717) is 32.6 Å². The summed E-state index contributed by atoms with van der Waals surface area (Å²) in [6.45, 7) is 2.47. The highest BCUT2D eigenvalue weighted by Gasteiger charge is 2.22. The van der Waals surface area contributed by atoms with Crippen LogP contribution in [0.3, 0.4) is 0 Å². The maximum absolute atomic E-state index is 12.6. The van der Waals surface area contributed by atoms with Crippen LogP contribution >= 0.6 is 11.8 Å². The van der Waals surface area contributed by atoms with Gasteiger partial charge in [0.15, 0.2) is 0 Å². The monoisotopic (exact) mass is 348 g/mol. The van der Waals surface area contributed by atoms with Crippen molar-refractivity contribution >= 4 is 23.8 Å². The summed E-state index contributed by atoms with van der Waals surface area (Å²) in [6, 6.07) is 6.43. The van der Waals surface area contributed by atoms with Crippen LogP contribution in [-0.4, -0.2) is 60.8 Å². The number of ether oxygens (including phenoxy) is 1. The number of hydrogen-bond acceptors (Lipinski definition) is 4. The summed E-state index contributed by atoms with van der Waals surface area (Å²) in [5, 5.41) is 0. The molecule has 3 rings (SSSR count). The summed E-state index contributed by atoms with van der Waals surface area (Å²) in [5.41, 5.74) is 2.47. The van der Waals surface area contributed by atoms with Crippen molar-refractivity contribution < 1.29 is 14.3 Å². The zero-order valence-electron chi connectivity index (χ0n) is 14.1. The maximum Gasteiger partial charge on any atom is 0.409 e. The molecule has 1 saturated heterocycles. The minimum Gasteiger partial charge on any atom is -0.453 e. The molecule has 0 atom stereocenters. The molecule has 0 bridgehead atoms. The van der Waals surface area contributed by atoms with E-state index in [2.05, 4.69) is 18.2 Å². The second-order valence-corrected chi connectivity index (χ2v) is 7.40. The molecule has 1 aromatic rings. The van der Waals surface area contributed by atoms with Crippen LogP contribution in [0.1, 0.15) is 24.0 Å². The standard InChI is InChI=1S/C18H24N2O3S/c1-23-18(22)20-8-3-7-19(9-10-20)17(21)13-14-5-6-16-15(12-14)4-2-11-24-16/h5-6,12H,2-4,7-11,13H2,1H3. The van der Waals surface area contributed by atoms with E-state index in [0.717, 1.165) is 18.4 Å². The largest absolute Gasteiger partial charge is 0.453 e. The first-order valence-electron chi connectivity index (χ1n) is 8.52. The number of methoxy groups -OCH3 is 1. The van der Waals surface area contributed by atoms with Crippen molar-refractivity contribution in [3.63, 3.8) is 0 Å². The second kappa shape index (κ2) is 7.92. The van der Waals surface area contributed by atoms with Crippen molar-refractivity contribution in [3.8, 4) is 0 Å². The number of carbonyl (C=O) groups excluding carboxylic acids is 2. The van der Waals surface area contributed by atoms with Gasteiger partial charge in [-0.3, -0.25) is 4.79 Å². The van der Waals surface area contributed by atoms with Gasteiger partial charge in [0.25, 0.3) is 0 Å². The van der Waals surface area contributed by atoms with Crippen molar-refractivity contribution in [1.29, 1.82) is 0 Å². The molecular weight excluding hydrogens is 324 g/mol. The first kappa shape index (κ1) is 17.1. The molecule has 6 heteroatoms. The molecule has 24 heavy (non-hydrogen) atoms. The number of benzene rings is 1. The third-order valence-electron chi connectivity index (χ3n) is 4.61. The number of carbonyl (C=O) groups is 2. The first-order chi connectivity index (χ1) is 11.7. The Morgan fingerprint density at radius 1 is 1.12 bits per heavy atom. The Morgan fingerprint density at radius 2 is 1.92 bits per heavy atom. The molecule has 0 unspecified atom stereocenters. The SMILES string of the molecule is COC(=O)N1CCCN(C(=O)Cc2ccc3c(c2)CCCS3)CC1. The van der Waals surface area contributed by atoms with E-state index in [1.165, 1.54) is 29.7 Å². The van der Waals surface area contributed by atoms with Gasteiger partial charge in [0, 0.05) is 31.1 Å². The van der Waals surface area contributed by atoms with Crippen LogP contribution in [0.2, 0.25) is 0 Å². The lowest BCUT2D eigenvalue weighted by atomic mass is 10.0. The third-order valence-corrected chi connectivity index (χ3v) is 5.81. The molecule has 2 aliphatic heterocycles. The number of thioether (sulfide) groups is 1. The average Bonchev–Trinajstić information content (AvgIpc) is 2.87. The van der Waals surface area contributed by atoms with Gasteiger partial charge in [-0.05, 0) is 42.2 Å². The van der Waals surface area contributed by atoms with E-state index in [4.69, 9.17) is 4.74 Å². The summed E-state index contributed by atoms with van der Waals surface area (Å²) < 4.78 is 4.77. The molecule has 0 aliphatic carbocycles. The fourth-order valence-electron chi connectivity index (χ4n) is 3.29. The molecule has 0 aromatic heterocycles. The highest BCUT2D eigenvalue weighted by molar-refractivity contribution is 7.99. The van der Waals surface area contributed by atoms with E-state index >= 15 is 0 Å². The van der Waals surface area contributed by atoms with Crippen LogP contribution in [0.5, 0.6) is 0 Å². The lowest BCUT2D eigenvalue weighted by Gasteiger charge is -2.22. The van der Waals surface area contributed by atoms with Crippen molar-refractivity contribution in [1.82, 2.24) is 9.80 Å². The number of nitrogens with zero attached hydrogens (tertiary/aromatic N) is 2. The quantitative estimate of drug-likeness (QED) is 0.824. The molecule has 2 aliphatic rings. The Morgan fingerprint density at radius 3 is 2.75 bits per heavy atom. The predicted octanol–water partition coefficient (Wildman–Crippen LogP) is 2.57. The molecule has 0 saturated carbocycles. The lowest BCUT2D eigenvalue weighted by Crippen LogP contribution is -2.37. The maximum atomic E-state index is 12.6. The van der Waals surface area contributed by atoms with Crippen LogP contribution in [0, 0.1) is 0 Å². The van der Waals surface area contributed by atoms with E-state index in [1.807, 2.05) is 16.7 Å². The normalized spacial score (nSPS) is 17.9. The molecule has 0 spiro atoms. The van der Waals surface area contributed by atoms with Gasteiger partial charge in [-0.25, -0.2) is 4.79 Å². The van der Waals surface area contributed by atoms with Crippen LogP contribution < -0.4 is 0 Å². The lowest BCUT2D eigenvalue weighted by molar-refractivity contribution is -0.130. The highest BCUT2D eigenvalue weighted by Crippen LogP contribution is 2.30. The smallest absolute Gasteiger partial charge is 0.409 e. The Bertz CT molecular complexity index is 620. The number of rotatable bonds is 2. The summed E-state index contributed by atoms with van der Waals surface area (Å²) in [7, 11) is 1.39. The highest BCUT2D eigenvalue weighted by atomic mass is 32.2. The van der Waals surface area contributed by atoms with Gasteiger partial charge in [0.05, 0.1) is 13.5 Å². The van der Waals surface area contributed by atoms with E-state index in [1.54, 1.807) is 4.90 Å². The van der Waals surface area contributed by atoms with Crippen molar-refractivity contribution in [2.24, 2.45) is 0 Å². The molecule has 5 nitrogen and oxygen atoms in total. The van der Waals surface area contributed by atoms with Gasteiger partial charge in [0.2, 0.25) is 5.91 Å². The Labute approximate surface area is 147 Å². The molecule has 1 aromatic carbocycles. The second-order valence-electron chi connectivity index (χ2n) is 6.26. The number of amides is 2. The molecule has 130 valence electrons. The minimum atomic E-state index is -0.309. The van der Waals surface area contributed by atoms with E-state index in [-0.39, 0.29) is 12.0 Å². The minimum absolute atomic E-state index is 0.144. The number of hydrogen-bond donors (Lipinski definition) is 0. The fourth-order valence-corrected chi connectivity index (χ4v) is 4.31.